The third-order valence-electron chi connectivity index (χ3n) is 2.84. The van der Waals surface area contributed by atoms with Crippen molar-refractivity contribution in [2.75, 3.05) is 52.5 Å². The molecule has 0 aromatic carbocycles. The summed E-state index contributed by atoms with van der Waals surface area (Å²) in [5.74, 6) is 0. The Kier molecular flexibility index (Phi) is 10.4. The highest BCUT2D eigenvalue weighted by atomic mass is 16.6. The molecule has 1 aliphatic heterocycles. The van der Waals surface area contributed by atoms with Gasteiger partial charge in [0.1, 0.15) is 5.60 Å². The summed E-state index contributed by atoms with van der Waals surface area (Å²) in [7, 11) is 0. The van der Waals surface area contributed by atoms with Crippen LogP contribution in [0.5, 0.6) is 0 Å². The Balaban J connectivity index is 0.00000191. The standard InChI is InChI=1S/C13H27N3O3.C2H6/c1-13(2,3)19-12(17)16-7-5-15(6-8-16)9-11-18-10-4-14;1-2/h4-11,14H2,1-3H3;1-2H3. The Morgan fingerprint density at radius 3 is 2.14 bits per heavy atom. The van der Waals surface area contributed by atoms with Crippen molar-refractivity contribution in [3.63, 3.8) is 0 Å². The third kappa shape index (κ3) is 9.66. The minimum absolute atomic E-state index is 0.216. The van der Waals surface area contributed by atoms with Crippen LogP contribution in [-0.4, -0.2) is 74.0 Å². The molecule has 1 saturated heterocycles. The van der Waals surface area contributed by atoms with Gasteiger partial charge in [0, 0.05) is 39.3 Å². The molecule has 0 spiro atoms. The second-order valence-electron chi connectivity index (χ2n) is 5.71. The molecular weight excluding hydrogens is 270 g/mol. The molecule has 1 rings (SSSR count). The first-order valence-corrected chi connectivity index (χ1v) is 7.90. The zero-order chi connectivity index (χ0) is 16.3. The summed E-state index contributed by atoms with van der Waals surface area (Å²) in [6, 6.07) is 0. The summed E-state index contributed by atoms with van der Waals surface area (Å²) in [4.78, 5) is 15.9. The van der Waals surface area contributed by atoms with E-state index in [9.17, 15) is 4.79 Å². The van der Waals surface area contributed by atoms with E-state index in [0.717, 1.165) is 19.6 Å². The Hall–Kier alpha value is -0.850. The highest BCUT2D eigenvalue weighted by molar-refractivity contribution is 5.68. The van der Waals surface area contributed by atoms with E-state index in [-0.39, 0.29) is 6.09 Å². The lowest BCUT2D eigenvalue weighted by Crippen LogP contribution is -2.50. The van der Waals surface area contributed by atoms with Gasteiger partial charge in [0.05, 0.1) is 13.2 Å². The SMILES string of the molecule is CC.CC(C)(C)OC(=O)N1CCN(CCOCCN)CC1. The summed E-state index contributed by atoms with van der Waals surface area (Å²) in [6.45, 7) is 15.6. The Bertz CT molecular complexity index is 272. The lowest BCUT2D eigenvalue weighted by Gasteiger charge is -2.35. The first-order valence-electron chi connectivity index (χ1n) is 7.90. The normalized spacial score (nSPS) is 16.2. The van der Waals surface area contributed by atoms with Crippen molar-refractivity contribution in [3.8, 4) is 0 Å². The highest BCUT2D eigenvalue weighted by Crippen LogP contribution is 2.11. The van der Waals surface area contributed by atoms with E-state index in [2.05, 4.69) is 4.90 Å². The molecule has 0 unspecified atom stereocenters. The molecule has 0 aromatic heterocycles. The molecule has 6 nitrogen and oxygen atoms in total. The predicted octanol–water partition coefficient (Wildman–Crippen LogP) is 1.54. The molecule has 0 aliphatic carbocycles. The fraction of sp³-hybridized carbons (Fsp3) is 0.933. The van der Waals surface area contributed by atoms with E-state index in [1.54, 1.807) is 4.90 Å². The molecule has 126 valence electrons. The van der Waals surface area contributed by atoms with Crippen LogP contribution in [0.2, 0.25) is 0 Å². The minimum atomic E-state index is -0.426. The molecular formula is C15H33N3O3. The lowest BCUT2D eigenvalue weighted by molar-refractivity contribution is 0.0117. The van der Waals surface area contributed by atoms with E-state index in [1.807, 2.05) is 34.6 Å². The average molecular weight is 303 g/mol. The monoisotopic (exact) mass is 303 g/mol. The number of piperazine rings is 1. The van der Waals surface area contributed by atoms with Crippen LogP contribution in [0, 0.1) is 0 Å². The van der Waals surface area contributed by atoms with Crippen LogP contribution >= 0.6 is 0 Å². The molecule has 6 heteroatoms. The van der Waals surface area contributed by atoms with Crippen molar-refractivity contribution in [2.24, 2.45) is 5.73 Å². The topological polar surface area (TPSA) is 68.0 Å². The van der Waals surface area contributed by atoms with Crippen LogP contribution in [0.4, 0.5) is 4.79 Å². The summed E-state index contributed by atoms with van der Waals surface area (Å²) < 4.78 is 10.7. The zero-order valence-electron chi connectivity index (χ0n) is 14.4. The second-order valence-corrected chi connectivity index (χ2v) is 5.71. The largest absolute Gasteiger partial charge is 0.444 e. The maximum absolute atomic E-state index is 11.9. The highest BCUT2D eigenvalue weighted by Gasteiger charge is 2.25. The van der Waals surface area contributed by atoms with Gasteiger partial charge in [-0.25, -0.2) is 4.79 Å². The van der Waals surface area contributed by atoms with E-state index in [0.29, 0.717) is 32.8 Å². The number of nitrogens with two attached hydrogens (primary N) is 1. The van der Waals surface area contributed by atoms with Crippen LogP contribution in [0.15, 0.2) is 0 Å². The smallest absolute Gasteiger partial charge is 0.410 e. The second kappa shape index (κ2) is 10.8. The van der Waals surface area contributed by atoms with Gasteiger partial charge in [-0.2, -0.15) is 0 Å². The van der Waals surface area contributed by atoms with Gasteiger partial charge in [0.2, 0.25) is 0 Å². The molecule has 0 radical (unpaired) electrons. The lowest BCUT2D eigenvalue weighted by atomic mass is 10.2. The molecule has 1 amide bonds. The molecule has 1 fully saturated rings. The zero-order valence-corrected chi connectivity index (χ0v) is 14.4. The molecule has 0 saturated carbocycles. The quantitative estimate of drug-likeness (QED) is 0.780. The number of nitrogens with zero attached hydrogens (tertiary/aromatic N) is 2. The maximum atomic E-state index is 11.9. The van der Waals surface area contributed by atoms with Gasteiger partial charge >= 0.3 is 6.09 Å². The third-order valence-corrected chi connectivity index (χ3v) is 2.84. The maximum Gasteiger partial charge on any atom is 0.410 e. The number of amides is 1. The molecule has 2 N–H and O–H groups in total. The van der Waals surface area contributed by atoms with Crippen molar-refractivity contribution < 1.29 is 14.3 Å². The summed E-state index contributed by atoms with van der Waals surface area (Å²) in [6.07, 6.45) is -0.216. The van der Waals surface area contributed by atoms with Crippen LogP contribution in [-0.2, 0) is 9.47 Å². The van der Waals surface area contributed by atoms with Crippen LogP contribution in [0.3, 0.4) is 0 Å². The Labute approximate surface area is 129 Å². The van der Waals surface area contributed by atoms with Gasteiger partial charge < -0.3 is 20.1 Å². The van der Waals surface area contributed by atoms with Crippen LogP contribution < -0.4 is 5.73 Å². The van der Waals surface area contributed by atoms with Crippen molar-refractivity contribution in [2.45, 2.75) is 40.2 Å². The summed E-state index contributed by atoms with van der Waals surface area (Å²) in [5, 5.41) is 0. The fourth-order valence-electron chi connectivity index (χ4n) is 1.86. The minimum Gasteiger partial charge on any atom is -0.444 e. The summed E-state index contributed by atoms with van der Waals surface area (Å²) in [5.41, 5.74) is 4.93. The van der Waals surface area contributed by atoms with Gasteiger partial charge in [0.25, 0.3) is 0 Å². The van der Waals surface area contributed by atoms with Gasteiger partial charge in [-0.3, -0.25) is 4.90 Å². The van der Waals surface area contributed by atoms with Crippen molar-refractivity contribution >= 4 is 6.09 Å². The molecule has 21 heavy (non-hydrogen) atoms. The van der Waals surface area contributed by atoms with Crippen molar-refractivity contribution in [1.29, 1.82) is 0 Å². The van der Waals surface area contributed by atoms with E-state index in [1.165, 1.54) is 0 Å². The molecule has 1 aliphatic rings. The molecule has 0 atom stereocenters. The van der Waals surface area contributed by atoms with E-state index in [4.69, 9.17) is 15.2 Å². The number of hydrogen-bond acceptors (Lipinski definition) is 5. The Morgan fingerprint density at radius 2 is 1.67 bits per heavy atom. The fourth-order valence-corrected chi connectivity index (χ4v) is 1.86. The van der Waals surface area contributed by atoms with E-state index >= 15 is 0 Å². The van der Waals surface area contributed by atoms with Gasteiger partial charge in [0.15, 0.2) is 0 Å². The summed E-state index contributed by atoms with van der Waals surface area (Å²) >= 11 is 0. The first-order chi connectivity index (χ1) is 9.92. The number of ether oxygens (including phenoxy) is 2. The molecule has 1 heterocycles. The predicted molar refractivity (Wildman–Crippen MR) is 85.5 cm³/mol. The van der Waals surface area contributed by atoms with Crippen LogP contribution in [0.1, 0.15) is 34.6 Å². The van der Waals surface area contributed by atoms with Gasteiger partial charge in [-0.15, -0.1) is 0 Å². The first kappa shape index (κ1) is 20.1. The Morgan fingerprint density at radius 1 is 1.10 bits per heavy atom. The van der Waals surface area contributed by atoms with Crippen molar-refractivity contribution in [3.05, 3.63) is 0 Å². The van der Waals surface area contributed by atoms with Gasteiger partial charge in [-0.05, 0) is 20.8 Å². The number of hydrogen-bond donors (Lipinski definition) is 1. The average Bonchev–Trinajstić information content (AvgIpc) is 2.44. The van der Waals surface area contributed by atoms with Crippen LogP contribution in [0.25, 0.3) is 0 Å². The van der Waals surface area contributed by atoms with Gasteiger partial charge in [-0.1, -0.05) is 13.8 Å². The number of carbonyl (C=O) groups excluding carboxylic acids is 1. The molecule has 0 bridgehead atoms. The molecule has 0 aromatic rings. The van der Waals surface area contributed by atoms with E-state index < -0.39 is 5.60 Å². The number of carbonyl (C=O) groups is 1. The van der Waals surface area contributed by atoms with Crippen molar-refractivity contribution in [1.82, 2.24) is 9.80 Å². The number of rotatable bonds is 5.